The van der Waals surface area contributed by atoms with Crippen LogP contribution in [0.1, 0.15) is 22.7 Å². The number of H-pyrrole nitrogens is 2. The Morgan fingerprint density at radius 3 is 3.14 bits per heavy atom. The summed E-state index contributed by atoms with van der Waals surface area (Å²) in [6.45, 7) is 0. The van der Waals surface area contributed by atoms with Crippen LogP contribution in [-0.2, 0) is 23.4 Å². The van der Waals surface area contributed by atoms with E-state index in [0.29, 0.717) is 17.4 Å². The molecule has 4 aromatic heterocycles. The number of thiophene rings is 2. The number of aromatic nitrogens is 4. The number of fused-ring (bicyclic) bond motifs is 3. The Morgan fingerprint density at radius 2 is 2.28 bits per heavy atom. The monoisotopic (exact) mass is 443 g/mol. The summed E-state index contributed by atoms with van der Waals surface area (Å²) in [7, 11) is 0. The van der Waals surface area contributed by atoms with Crippen molar-refractivity contribution in [3.63, 3.8) is 0 Å². The summed E-state index contributed by atoms with van der Waals surface area (Å²) in [4.78, 5) is 35.3. The van der Waals surface area contributed by atoms with Crippen molar-refractivity contribution in [1.29, 1.82) is 0 Å². The topological polar surface area (TPSA) is 104 Å². The molecule has 1 amide bonds. The van der Waals surface area contributed by atoms with E-state index in [1.165, 1.54) is 22.2 Å². The van der Waals surface area contributed by atoms with E-state index in [4.69, 9.17) is 0 Å². The van der Waals surface area contributed by atoms with E-state index in [2.05, 4.69) is 25.5 Å². The van der Waals surface area contributed by atoms with Crippen LogP contribution in [-0.4, -0.2) is 31.8 Å². The number of hydrogen-bond donors (Lipinski definition) is 3. The van der Waals surface area contributed by atoms with Crippen molar-refractivity contribution in [3.05, 3.63) is 50.2 Å². The lowest BCUT2D eigenvalue weighted by atomic mass is 10.2. The quantitative estimate of drug-likeness (QED) is 0.421. The maximum Gasteiger partial charge on any atom is 0.259 e. The van der Waals surface area contributed by atoms with Crippen molar-refractivity contribution in [2.45, 2.75) is 25.0 Å². The first kappa shape index (κ1) is 18.6. The van der Waals surface area contributed by atoms with Gasteiger partial charge in [-0.15, -0.1) is 34.4 Å². The van der Waals surface area contributed by atoms with Gasteiger partial charge in [-0.1, -0.05) is 6.07 Å². The lowest BCUT2D eigenvalue weighted by molar-refractivity contribution is -0.113. The van der Waals surface area contributed by atoms with Gasteiger partial charge in [0, 0.05) is 10.9 Å². The van der Waals surface area contributed by atoms with Gasteiger partial charge in [0.25, 0.3) is 5.56 Å². The molecule has 0 bridgehead atoms. The number of anilines is 1. The van der Waals surface area contributed by atoms with Gasteiger partial charge in [0.15, 0.2) is 5.82 Å². The van der Waals surface area contributed by atoms with Crippen molar-refractivity contribution in [1.82, 2.24) is 20.2 Å². The van der Waals surface area contributed by atoms with Crippen molar-refractivity contribution in [2.75, 3.05) is 11.1 Å². The molecule has 0 saturated carbocycles. The number of nitrogens with zero attached hydrogens (tertiary/aromatic N) is 2. The molecule has 0 fully saturated rings. The van der Waals surface area contributed by atoms with Crippen LogP contribution in [0.2, 0.25) is 0 Å². The number of aryl methyl sites for hydroxylation is 2. The largest absolute Gasteiger partial charge is 0.309 e. The highest BCUT2D eigenvalue weighted by Gasteiger charge is 2.21. The van der Waals surface area contributed by atoms with E-state index < -0.39 is 0 Å². The fourth-order valence-corrected chi connectivity index (χ4v) is 6.14. The fraction of sp³-hybridized carbons (Fsp3) is 0.263. The lowest BCUT2D eigenvalue weighted by Crippen LogP contribution is -2.15. The van der Waals surface area contributed by atoms with Crippen LogP contribution in [0, 0.1) is 0 Å². The van der Waals surface area contributed by atoms with E-state index in [1.807, 2.05) is 23.6 Å². The Balaban J connectivity index is 1.19. The summed E-state index contributed by atoms with van der Waals surface area (Å²) in [5, 5.41) is 12.6. The van der Waals surface area contributed by atoms with Crippen LogP contribution in [0.5, 0.6) is 0 Å². The average molecular weight is 444 g/mol. The van der Waals surface area contributed by atoms with E-state index in [0.717, 1.165) is 40.1 Å². The Morgan fingerprint density at radius 1 is 1.34 bits per heavy atom. The molecule has 4 heterocycles. The number of carbonyl (C=O) groups excluding carboxylic acids is 1. The maximum atomic E-state index is 12.5. The minimum absolute atomic E-state index is 0.0629. The summed E-state index contributed by atoms with van der Waals surface area (Å²) in [5.74, 6) is 1.70. The Kier molecular flexibility index (Phi) is 4.98. The molecule has 3 N–H and O–H groups in total. The predicted octanol–water partition coefficient (Wildman–Crippen LogP) is 3.80. The number of thioether (sulfide) groups is 1. The number of hydrogen-bond acceptors (Lipinski definition) is 7. The van der Waals surface area contributed by atoms with Gasteiger partial charge >= 0.3 is 0 Å². The second-order valence-corrected chi connectivity index (χ2v) is 9.75. The molecular formula is C19H17N5O2S3. The molecule has 0 aromatic carbocycles. The highest BCUT2D eigenvalue weighted by Crippen LogP contribution is 2.34. The van der Waals surface area contributed by atoms with Gasteiger partial charge in [-0.3, -0.25) is 14.7 Å². The summed E-state index contributed by atoms with van der Waals surface area (Å²) in [6, 6.07) is 5.78. The van der Waals surface area contributed by atoms with Gasteiger partial charge in [0.2, 0.25) is 5.91 Å². The molecule has 0 spiro atoms. The lowest BCUT2D eigenvalue weighted by Gasteiger charge is -2.03. The number of rotatable bonds is 6. The average Bonchev–Trinajstić information content (AvgIpc) is 3.45. The van der Waals surface area contributed by atoms with Crippen LogP contribution in [0.15, 0.2) is 28.4 Å². The van der Waals surface area contributed by atoms with Crippen LogP contribution in [0.4, 0.5) is 5.82 Å². The molecule has 148 valence electrons. The van der Waals surface area contributed by atoms with Gasteiger partial charge in [-0.25, -0.2) is 4.98 Å². The van der Waals surface area contributed by atoms with Crippen molar-refractivity contribution in [2.24, 2.45) is 0 Å². The van der Waals surface area contributed by atoms with Gasteiger partial charge in [0.05, 0.1) is 27.5 Å². The van der Waals surface area contributed by atoms with Gasteiger partial charge in [0.1, 0.15) is 10.7 Å². The molecule has 0 radical (unpaired) electrons. The van der Waals surface area contributed by atoms with E-state index in [1.54, 1.807) is 22.7 Å². The molecule has 10 heteroatoms. The third-order valence-electron chi connectivity index (χ3n) is 4.73. The molecule has 0 unspecified atom stereocenters. The molecule has 0 aliphatic heterocycles. The smallest absolute Gasteiger partial charge is 0.259 e. The van der Waals surface area contributed by atoms with Crippen LogP contribution in [0.3, 0.4) is 0 Å². The van der Waals surface area contributed by atoms with Crippen molar-refractivity contribution in [3.8, 4) is 10.6 Å². The normalized spacial score (nSPS) is 13.1. The summed E-state index contributed by atoms with van der Waals surface area (Å²) in [6.07, 6.45) is 3.13. The van der Waals surface area contributed by atoms with Crippen LogP contribution >= 0.6 is 34.4 Å². The zero-order chi connectivity index (χ0) is 19.8. The molecule has 1 aliphatic rings. The molecule has 0 atom stereocenters. The number of aromatic amines is 2. The summed E-state index contributed by atoms with van der Waals surface area (Å²) in [5.41, 5.74) is 1.99. The molecular weight excluding hydrogens is 426 g/mol. The molecule has 0 saturated heterocycles. The van der Waals surface area contributed by atoms with E-state index >= 15 is 0 Å². The summed E-state index contributed by atoms with van der Waals surface area (Å²) < 4.78 is 0. The standard InChI is InChI=1S/C19H17N5O2S3/c25-16(20-14-7-11(23-24-14)13-5-2-6-28-13)9-27-8-15-21-18(26)17-10-3-1-4-12(10)29-19(17)22-15/h2,5-7H,1,3-4,8-9H2,(H,21,22,26)(H2,20,23,24,25). The van der Waals surface area contributed by atoms with Gasteiger partial charge < -0.3 is 10.3 Å². The Bertz CT molecular complexity index is 1240. The number of nitrogens with one attached hydrogen (secondary N) is 3. The highest BCUT2D eigenvalue weighted by molar-refractivity contribution is 7.99. The van der Waals surface area contributed by atoms with Gasteiger partial charge in [-0.05, 0) is 36.3 Å². The minimum atomic E-state index is -0.141. The minimum Gasteiger partial charge on any atom is -0.309 e. The van der Waals surface area contributed by atoms with E-state index in [-0.39, 0.29) is 17.2 Å². The molecule has 4 aromatic rings. The fourth-order valence-electron chi connectivity index (χ4n) is 3.48. The molecule has 5 rings (SSSR count). The SMILES string of the molecule is O=C(CSCc1nc2sc3c(c2c(=O)[nH]1)CCC3)Nc1cc(-c2cccs2)[nH]n1. The zero-order valence-electron chi connectivity index (χ0n) is 15.3. The van der Waals surface area contributed by atoms with Crippen LogP contribution < -0.4 is 10.9 Å². The Hall–Kier alpha value is -2.43. The number of carbonyl (C=O) groups is 1. The predicted molar refractivity (Wildman–Crippen MR) is 119 cm³/mol. The first-order chi connectivity index (χ1) is 14.2. The second kappa shape index (κ2) is 7.77. The molecule has 7 nitrogen and oxygen atoms in total. The third kappa shape index (κ3) is 3.75. The Labute approximate surface area is 178 Å². The highest BCUT2D eigenvalue weighted by atomic mass is 32.2. The number of amides is 1. The summed E-state index contributed by atoms with van der Waals surface area (Å²) >= 11 is 4.64. The van der Waals surface area contributed by atoms with Gasteiger partial charge in [-0.2, -0.15) is 5.10 Å². The first-order valence-electron chi connectivity index (χ1n) is 9.18. The third-order valence-corrected chi connectivity index (χ3v) is 7.76. The van der Waals surface area contributed by atoms with Crippen molar-refractivity contribution < 1.29 is 4.79 Å². The maximum absolute atomic E-state index is 12.5. The molecule has 29 heavy (non-hydrogen) atoms. The molecule has 1 aliphatic carbocycles. The van der Waals surface area contributed by atoms with Crippen molar-refractivity contribution >= 4 is 56.4 Å². The van der Waals surface area contributed by atoms with Crippen LogP contribution in [0.25, 0.3) is 20.8 Å². The first-order valence-corrected chi connectivity index (χ1v) is 12.0. The van der Waals surface area contributed by atoms with E-state index in [9.17, 15) is 9.59 Å². The zero-order valence-corrected chi connectivity index (χ0v) is 17.7. The second-order valence-electron chi connectivity index (χ2n) is 6.74.